The molecule has 0 bridgehead atoms. The van der Waals surface area contributed by atoms with Crippen LogP contribution < -0.4 is 5.32 Å². The standard InChI is InChI=1S/C14H24N2/c1-4-12(5-2)14(11-15-6-3)13-8-7-9-16-10-13/h7-10,12,14-15H,4-6,11H2,1-3H3. The van der Waals surface area contributed by atoms with Gasteiger partial charge in [-0.1, -0.05) is 39.7 Å². The predicted molar refractivity (Wildman–Crippen MR) is 69.6 cm³/mol. The van der Waals surface area contributed by atoms with Gasteiger partial charge in [0, 0.05) is 24.9 Å². The maximum Gasteiger partial charge on any atom is 0.0303 e. The van der Waals surface area contributed by atoms with Crippen molar-refractivity contribution in [1.82, 2.24) is 10.3 Å². The highest BCUT2D eigenvalue weighted by atomic mass is 14.8. The van der Waals surface area contributed by atoms with Crippen molar-refractivity contribution in [2.24, 2.45) is 5.92 Å². The highest BCUT2D eigenvalue weighted by Gasteiger charge is 2.19. The van der Waals surface area contributed by atoms with E-state index in [1.165, 1.54) is 18.4 Å². The van der Waals surface area contributed by atoms with Crippen LogP contribution in [-0.4, -0.2) is 18.1 Å². The van der Waals surface area contributed by atoms with Crippen molar-refractivity contribution in [2.45, 2.75) is 39.5 Å². The van der Waals surface area contributed by atoms with Gasteiger partial charge in [-0.25, -0.2) is 0 Å². The summed E-state index contributed by atoms with van der Waals surface area (Å²) in [4.78, 5) is 4.24. The van der Waals surface area contributed by atoms with Crippen molar-refractivity contribution in [3.8, 4) is 0 Å². The lowest BCUT2D eigenvalue weighted by Gasteiger charge is -2.25. The second-order valence-corrected chi connectivity index (χ2v) is 4.28. The van der Waals surface area contributed by atoms with E-state index < -0.39 is 0 Å². The van der Waals surface area contributed by atoms with E-state index in [0.29, 0.717) is 5.92 Å². The smallest absolute Gasteiger partial charge is 0.0303 e. The fourth-order valence-electron chi connectivity index (χ4n) is 2.31. The number of hydrogen-bond acceptors (Lipinski definition) is 2. The van der Waals surface area contributed by atoms with Crippen LogP contribution >= 0.6 is 0 Å². The average molecular weight is 220 g/mol. The zero-order valence-electron chi connectivity index (χ0n) is 10.7. The molecule has 1 aromatic rings. The topological polar surface area (TPSA) is 24.9 Å². The van der Waals surface area contributed by atoms with E-state index in [-0.39, 0.29) is 0 Å². The molecule has 2 nitrogen and oxygen atoms in total. The van der Waals surface area contributed by atoms with Gasteiger partial charge in [-0.15, -0.1) is 0 Å². The monoisotopic (exact) mass is 220 g/mol. The molecule has 0 amide bonds. The quantitative estimate of drug-likeness (QED) is 0.763. The van der Waals surface area contributed by atoms with Crippen LogP contribution in [0.25, 0.3) is 0 Å². The lowest BCUT2D eigenvalue weighted by Crippen LogP contribution is -2.26. The molecule has 0 radical (unpaired) electrons. The minimum atomic E-state index is 0.601. The largest absolute Gasteiger partial charge is 0.316 e. The first-order valence-electron chi connectivity index (χ1n) is 6.44. The summed E-state index contributed by atoms with van der Waals surface area (Å²) in [6.07, 6.45) is 6.34. The zero-order valence-corrected chi connectivity index (χ0v) is 10.7. The molecule has 0 aliphatic heterocycles. The molecule has 0 spiro atoms. The summed E-state index contributed by atoms with van der Waals surface area (Å²) >= 11 is 0. The average Bonchev–Trinajstić information content (AvgIpc) is 2.35. The Morgan fingerprint density at radius 2 is 2.00 bits per heavy atom. The molecule has 1 aromatic heterocycles. The summed E-state index contributed by atoms with van der Waals surface area (Å²) in [6.45, 7) is 8.83. The molecule has 0 aliphatic rings. The van der Waals surface area contributed by atoms with Crippen LogP contribution in [0.5, 0.6) is 0 Å². The van der Waals surface area contributed by atoms with Crippen LogP contribution in [0.15, 0.2) is 24.5 Å². The Kier molecular flexibility index (Phi) is 6.09. The van der Waals surface area contributed by atoms with Gasteiger partial charge in [0.2, 0.25) is 0 Å². The maximum absolute atomic E-state index is 4.24. The van der Waals surface area contributed by atoms with Crippen LogP contribution in [-0.2, 0) is 0 Å². The van der Waals surface area contributed by atoms with Crippen LogP contribution in [0.1, 0.15) is 45.1 Å². The number of hydrogen-bond donors (Lipinski definition) is 1. The summed E-state index contributed by atoms with van der Waals surface area (Å²) < 4.78 is 0. The molecule has 0 aromatic carbocycles. The summed E-state index contributed by atoms with van der Waals surface area (Å²) in [7, 11) is 0. The fraction of sp³-hybridized carbons (Fsp3) is 0.643. The third-order valence-corrected chi connectivity index (χ3v) is 3.34. The Balaban J connectivity index is 2.78. The second kappa shape index (κ2) is 7.39. The molecule has 0 aliphatic carbocycles. The molecule has 16 heavy (non-hydrogen) atoms. The van der Waals surface area contributed by atoms with Gasteiger partial charge in [0.1, 0.15) is 0 Å². The van der Waals surface area contributed by atoms with Crippen LogP contribution in [0.2, 0.25) is 0 Å². The van der Waals surface area contributed by atoms with E-state index >= 15 is 0 Å². The Morgan fingerprint density at radius 3 is 2.50 bits per heavy atom. The molecule has 90 valence electrons. The van der Waals surface area contributed by atoms with Crippen LogP contribution in [0, 0.1) is 5.92 Å². The van der Waals surface area contributed by atoms with Gasteiger partial charge in [0.25, 0.3) is 0 Å². The van der Waals surface area contributed by atoms with E-state index in [1.807, 2.05) is 18.5 Å². The SMILES string of the molecule is CCNCC(c1cccnc1)C(CC)CC. The van der Waals surface area contributed by atoms with Gasteiger partial charge in [-0.3, -0.25) is 4.98 Å². The van der Waals surface area contributed by atoms with Gasteiger partial charge >= 0.3 is 0 Å². The molecule has 1 atom stereocenters. The number of nitrogens with zero attached hydrogens (tertiary/aromatic N) is 1. The van der Waals surface area contributed by atoms with Crippen LogP contribution in [0.3, 0.4) is 0 Å². The molecule has 1 N–H and O–H groups in total. The molecular formula is C14H24N2. The first kappa shape index (κ1) is 13.2. The predicted octanol–water partition coefficient (Wildman–Crippen LogP) is 3.21. The minimum Gasteiger partial charge on any atom is -0.316 e. The molecule has 0 saturated heterocycles. The number of aromatic nitrogens is 1. The van der Waals surface area contributed by atoms with E-state index in [0.717, 1.165) is 19.0 Å². The van der Waals surface area contributed by atoms with Crippen molar-refractivity contribution >= 4 is 0 Å². The first-order chi connectivity index (χ1) is 7.83. The van der Waals surface area contributed by atoms with Gasteiger partial charge in [-0.2, -0.15) is 0 Å². The first-order valence-corrected chi connectivity index (χ1v) is 6.44. The van der Waals surface area contributed by atoms with E-state index in [4.69, 9.17) is 0 Å². The second-order valence-electron chi connectivity index (χ2n) is 4.28. The summed E-state index contributed by atoms with van der Waals surface area (Å²) in [6, 6.07) is 4.24. The molecule has 1 rings (SSSR count). The van der Waals surface area contributed by atoms with Gasteiger partial charge in [-0.05, 0) is 24.1 Å². The summed E-state index contributed by atoms with van der Waals surface area (Å²) in [5.41, 5.74) is 1.37. The van der Waals surface area contributed by atoms with Crippen molar-refractivity contribution in [2.75, 3.05) is 13.1 Å². The Labute approximate surface area is 99.5 Å². The van der Waals surface area contributed by atoms with Crippen molar-refractivity contribution < 1.29 is 0 Å². The van der Waals surface area contributed by atoms with Gasteiger partial charge in [0.15, 0.2) is 0 Å². The molecule has 2 heteroatoms. The third kappa shape index (κ3) is 3.60. The lowest BCUT2D eigenvalue weighted by molar-refractivity contribution is 0.381. The fourth-order valence-corrected chi connectivity index (χ4v) is 2.31. The maximum atomic E-state index is 4.24. The van der Waals surface area contributed by atoms with Crippen LogP contribution in [0.4, 0.5) is 0 Å². The molecule has 0 saturated carbocycles. The van der Waals surface area contributed by atoms with Crippen molar-refractivity contribution in [3.05, 3.63) is 30.1 Å². The number of likely N-dealkylation sites (N-methyl/N-ethyl adjacent to an activating group) is 1. The number of rotatable bonds is 7. The van der Waals surface area contributed by atoms with Crippen molar-refractivity contribution in [1.29, 1.82) is 0 Å². The minimum absolute atomic E-state index is 0.601. The zero-order chi connectivity index (χ0) is 11.8. The van der Waals surface area contributed by atoms with E-state index in [2.05, 4.69) is 37.1 Å². The lowest BCUT2D eigenvalue weighted by atomic mass is 9.83. The number of pyridine rings is 1. The molecule has 1 heterocycles. The van der Waals surface area contributed by atoms with Gasteiger partial charge < -0.3 is 5.32 Å². The van der Waals surface area contributed by atoms with E-state index in [1.54, 1.807) is 0 Å². The van der Waals surface area contributed by atoms with E-state index in [9.17, 15) is 0 Å². The normalized spacial score (nSPS) is 13.0. The Morgan fingerprint density at radius 1 is 1.25 bits per heavy atom. The van der Waals surface area contributed by atoms with Crippen molar-refractivity contribution in [3.63, 3.8) is 0 Å². The molecule has 1 unspecified atom stereocenters. The highest BCUT2D eigenvalue weighted by molar-refractivity contribution is 5.16. The molecule has 0 fully saturated rings. The molecular weight excluding hydrogens is 196 g/mol. The van der Waals surface area contributed by atoms with Gasteiger partial charge in [0.05, 0.1) is 0 Å². The Bertz CT molecular complexity index is 267. The summed E-state index contributed by atoms with van der Waals surface area (Å²) in [5, 5.41) is 3.47. The number of nitrogens with one attached hydrogen (secondary N) is 1. The highest BCUT2D eigenvalue weighted by Crippen LogP contribution is 2.28. The summed E-state index contributed by atoms with van der Waals surface area (Å²) in [5.74, 6) is 1.35. The third-order valence-electron chi connectivity index (χ3n) is 3.34. The Hall–Kier alpha value is -0.890.